The molecule has 2 heterocycles. The number of carbonyl (C=O) groups excluding carboxylic acids is 1. The van der Waals surface area contributed by atoms with Gasteiger partial charge in [-0.2, -0.15) is 13.8 Å². The van der Waals surface area contributed by atoms with Crippen LogP contribution in [0.5, 0.6) is 17.4 Å². The maximum absolute atomic E-state index is 12.2. The fourth-order valence-corrected chi connectivity index (χ4v) is 2.38. The summed E-state index contributed by atoms with van der Waals surface area (Å²) in [5.74, 6) is 0.829. The Bertz CT molecular complexity index is 983. The van der Waals surface area contributed by atoms with Gasteiger partial charge in [0, 0.05) is 11.6 Å². The summed E-state index contributed by atoms with van der Waals surface area (Å²) < 4.78 is 44.0. The first-order valence-corrected chi connectivity index (χ1v) is 8.51. The number of nitrogens with zero attached hydrogens (tertiary/aromatic N) is 3. The summed E-state index contributed by atoms with van der Waals surface area (Å²) in [5.41, 5.74) is 5.48. The second kappa shape index (κ2) is 9.60. The van der Waals surface area contributed by atoms with E-state index >= 15 is 0 Å². The number of aliphatic hydroxyl groups is 1. The van der Waals surface area contributed by atoms with E-state index in [-0.39, 0.29) is 29.8 Å². The van der Waals surface area contributed by atoms with Crippen molar-refractivity contribution in [2.24, 2.45) is 5.73 Å². The van der Waals surface area contributed by atoms with Gasteiger partial charge in [0.15, 0.2) is 0 Å². The predicted octanol–water partition coefficient (Wildman–Crippen LogP) is 2.52. The molecule has 1 aromatic carbocycles. The number of pyridine rings is 1. The molecule has 0 aliphatic carbocycles. The molecule has 0 bridgehead atoms. The molecular weight excluding hydrogens is 406 g/mol. The van der Waals surface area contributed by atoms with Gasteiger partial charge in [0.2, 0.25) is 17.6 Å². The lowest BCUT2D eigenvalue weighted by molar-refractivity contribution is -0.0501. The quantitative estimate of drug-likeness (QED) is 0.532. The van der Waals surface area contributed by atoms with Crippen molar-refractivity contribution in [3.05, 3.63) is 48.5 Å². The largest absolute Gasteiger partial charge is 0.443 e. The molecular formula is C18H16F2N4O6. The van der Waals surface area contributed by atoms with Gasteiger partial charge in [0.25, 0.3) is 0 Å². The van der Waals surface area contributed by atoms with Crippen molar-refractivity contribution in [1.29, 1.82) is 0 Å². The number of aliphatic hydroxyl groups excluding tert-OH is 1. The Labute approximate surface area is 168 Å². The minimum absolute atomic E-state index is 0.0143. The van der Waals surface area contributed by atoms with Crippen molar-refractivity contribution in [1.82, 2.24) is 15.1 Å². The Hall–Kier alpha value is -3.80. The van der Waals surface area contributed by atoms with E-state index in [2.05, 4.69) is 19.9 Å². The summed E-state index contributed by atoms with van der Waals surface area (Å²) in [6.45, 7) is -3.40. The van der Waals surface area contributed by atoms with Gasteiger partial charge in [0.05, 0.1) is 19.2 Å². The molecule has 1 amide bonds. The van der Waals surface area contributed by atoms with E-state index < -0.39 is 25.4 Å². The van der Waals surface area contributed by atoms with Crippen LogP contribution >= 0.6 is 0 Å². The molecule has 3 rings (SSSR count). The fraction of sp³-hybridized carbons (Fsp3) is 0.222. The highest BCUT2D eigenvalue weighted by Gasteiger charge is 2.18. The Balaban J connectivity index is 1.68. The fourth-order valence-electron chi connectivity index (χ4n) is 2.38. The normalized spacial score (nSPS) is 11.9. The summed E-state index contributed by atoms with van der Waals surface area (Å²) in [4.78, 5) is 18.9. The average molecular weight is 422 g/mol. The standard InChI is InChI=1S/C18H16F2N4O6/c19-17(20)28-12-4-5-14(22-8-12)27-11-3-1-2-10(6-11)16-23-15(30-24-16)7-13(9-25)29-18(21)26/h1-6,8,13,17,25H,7,9H2,(H2,21,26). The summed E-state index contributed by atoms with van der Waals surface area (Å²) in [6, 6.07) is 9.33. The second-order valence-electron chi connectivity index (χ2n) is 5.80. The minimum atomic E-state index is -2.94. The van der Waals surface area contributed by atoms with E-state index in [1.807, 2.05) is 0 Å². The van der Waals surface area contributed by atoms with E-state index in [1.165, 1.54) is 12.1 Å². The molecule has 12 heteroatoms. The highest BCUT2D eigenvalue weighted by atomic mass is 19.3. The third kappa shape index (κ3) is 5.85. The first-order valence-electron chi connectivity index (χ1n) is 8.51. The van der Waals surface area contributed by atoms with Gasteiger partial charge < -0.3 is 29.6 Å². The molecule has 1 unspecified atom stereocenters. The molecule has 0 aliphatic rings. The zero-order valence-electron chi connectivity index (χ0n) is 15.3. The van der Waals surface area contributed by atoms with Crippen LogP contribution in [-0.2, 0) is 11.2 Å². The molecule has 0 saturated carbocycles. The van der Waals surface area contributed by atoms with Gasteiger partial charge in [0.1, 0.15) is 17.6 Å². The average Bonchev–Trinajstić information content (AvgIpc) is 3.17. The maximum Gasteiger partial charge on any atom is 0.404 e. The first-order chi connectivity index (χ1) is 14.4. The number of alkyl halides is 2. The number of hydrogen-bond acceptors (Lipinski definition) is 9. The Morgan fingerprint density at radius 1 is 1.23 bits per heavy atom. The van der Waals surface area contributed by atoms with Gasteiger partial charge in [-0.25, -0.2) is 9.78 Å². The zero-order chi connectivity index (χ0) is 21.5. The monoisotopic (exact) mass is 422 g/mol. The number of hydrogen-bond donors (Lipinski definition) is 2. The number of nitrogens with two attached hydrogens (primary N) is 1. The number of primary amides is 1. The van der Waals surface area contributed by atoms with Crippen LogP contribution in [0.2, 0.25) is 0 Å². The number of amides is 1. The Morgan fingerprint density at radius 3 is 2.73 bits per heavy atom. The number of ether oxygens (including phenoxy) is 3. The van der Waals surface area contributed by atoms with Crippen LogP contribution in [0.15, 0.2) is 47.1 Å². The third-order valence-corrected chi connectivity index (χ3v) is 3.61. The SMILES string of the molecule is NC(=O)OC(CO)Cc1nc(-c2cccc(Oc3ccc(OC(F)F)cn3)c2)no1. The van der Waals surface area contributed by atoms with Crippen LogP contribution in [0.4, 0.5) is 13.6 Å². The molecule has 2 aromatic heterocycles. The maximum atomic E-state index is 12.2. The topological polar surface area (TPSA) is 143 Å². The van der Waals surface area contributed by atoms with E-state index in [0.29, 0.717) is 11.3 Å². The number of carbonyl (C=O) groups is 1. The van der Waals surface area contributed by atoms with E-state index in [0.717, 1.165) is 6.20 Å². The lowest BCUT2D eigenvalue weighted by Crippen LogP contribution is -2.27. The number of aromatic nitrogens is 3. The van der Waals surface area contributed by atoms with Crippen LogP contribution in [0.25, 0.3) is 11.4 Å². The predicted molar refractivity (Wildman–Crippen MR) is 95.9 cm³/mol. The van der Waals surface area contributed by atoms with Crippen molar-refractivity contribution < 1.29 is 37.4 Å². The zero-order valence-corrected chi connectivity index (χ0v) is 15.3. The molecule has 30 heavy (non-hydrogen) atoms. The summed E-state index contributed by atoms with van der Waals surface area (Å²) >= 11 is 0. The highest BCUT2D eigenvalue weighted by Crippen LogP contribution is 2.26. The van der Waals surface area contributed by atoms with Crippen LogP contribution in [0.3, 0.4) is 0 Å². The van der Waals surface area contributed by atoms with Crippen molar-refractivity contribution >= 4 is 6.09 Å². The molecule has 158 valence electrons. The van der Waals surface area contributed by atoms with E-state index in [9.17, 15) is 18.7 Å². The van der Waals surface area contributed by atoms with Crippen LogP contribution < -0.4 is 15.2 Å². The van der Waals surface area contributed by atoms with Crippen molar-refractivity contribution in [3.63, 3.8) is 0 Å². The molecule has 0 aliphatic heterocycles. The number of halogens is 2. The smallest absolute Gasteiger partial charge is 0.404 e. The summed E-state index contributed by atoms with van der Waals surface area (Å²) in [6.07, 6.45) is -0.836. The number of benzene rings is 1. The van der Waals surface area contributed by atoms with Crippen molar-refractivity contribution in [2.45, 2.75) is 19.1 Å². The summed E-state index contributed by atoms with van der Waals surface area (Å²) in [7, 11) is 0. The van der Waals surface area contributed by atoms with Gasteiger partial charge in [-0.05, 0) is 18.2 Å². The Kier molecular flexibility index (Phi) is 6.70. The second-order valence-corrected chi connectivity index (χ2v) is 5.80. The molecule has 3 N–H and O–H groups in total. The molecule has 0 fully saturated rings. The van der Waals surface area contributed by atoms with Crippen molar-refractivity contribution in [2.75, 3.05) is 6.61 Å². The molecule has 3 aromatic rings. The molecule has 0 radical (unpaired) electrons. The van der Waals surface area contributed by atoms with Crippen LogP contribution in [0, 0.1) is 0 Å². The van der Waals surface area contributed by atoms with Gasteiger partial charge in [-0.15, -0.1) is 0 Å². The first kappa shape index (κ1) is 20.9. The van der Waals surface area contributed by atoms with Gasteiger partial charge in [-0.3, -0.25) is 0 Å². The van der Waals surface area contributed by atoms with Crippen molar-refractivity contribution in [3.8, 4) is 28.8 Å². The Morgan fingerprint density at radius 2 is 2.07 bits per heavy atom. The summed E-state index contributed by atoms with van der Waals surface area (Å²) in [5, 5.41) is 13.0. The van der Waals surface area contributed by atoms with E-state index in [1.54, 1.807) is 24.3 Å². The van der Waals surface area contributed by atoms with Gasteiger partial charge in [-0.1, -0.05) is 17.3 Å². The number of rotatable bonds is 9. The molecule has 1 atom stereocenters. The van der Waals surface area contributed by atoms with Crippen LogP contribution in [-0.4, -0.2) is 45.6 Å². The van der Waals surface area contributed by atoms with Gasteiger partial charge >= 0.3 is 12.7 Å². The highest BCUT2D eigenvalue weighted by molar-refractivity contribution is 5.64. The molecule has 0 spiro atoms. The van der Waals surface area contributed by atoms with Crippen LogP contribution in [0.1, 0.15) is 5.89 Å². The third-order valence-electron chi connectivity index (χ3n) is 3.61. The molecule has 0 saturated heterocycles. The van der Waals surface area contributed by atoms with E-state index in [4.69, 9.17) is 19.7 Å². The molecule has 10 nitrogen and oxygen atoms in total. The lowest BCUT2D eigenvalue weighted by Gasteiger charge is -2.10. The minimum Gasteiger partial charge on any atom is -0.443 e. The lowest BCUT2D eigenvalue weighted by atomic mass is 10.2.